The molecule has 0 aromatic carbocycles. The van der Waals surface area contributed by atoms with E-state index in [0.717, 1.165) is 13.3 Å². The Labute approximate surface area is 126 Å². The largest absolute Gasteiger partial charge is 0.481 e. The minimum Gasteiger partial charge on any atom is -0.481 e. The summed E-state index contributed by atoms with van der Waals surface area (Å²) >= 11 is 0. The van der Waals surface area contributed by atoms with Crippen LogP contribution in [0.25, 0.3) is 0 Å². The fourth-order valence-electron chi connectivity index (χ4n) is 1.48. The number of carboxylic acid groups (broad SMARTS) is 1. The van der Waals surface area contributed by atoms with Crippen molar-refractivity contribution in [3.63, 3.8) is 0 Å². The first-order chi connectivity index (χ1) is 9.15. The van der Waals surface area contributed by atoms with Crippen LogP contribution in [-0.2, 0) is 4.79 Å². The van der Waals surface area contributed by atoms with Crippen LogP contribution in [0, 0.1) is 0 Å². The second-order valence-corrected chi connectivity index (χ2v) is 7.17. The lowest BCUT2D eigenvalue weighted by atomic mass is 10.1. The summed E-state index contributed by atoms with van der Waals surface area (Å²) in [7, 11) is 4.00. The second kappa shape index (κ2) is 20.4. The maximum absolute atomic E-state index is 9.00. The van der Waals surface area contributed by atoms with Crippen molar-refractivity contribution in [3.05, 3.63) is 0 Å². The minimum atomic E-state index is -0.833. The van der Waals surface area contributed by atoms with Crippen LogP contribution >= 0.6 is 21.6 Å². The van der Waals surface area contributed by atoms with E-state index in [2.05, 4.69) is 6.92 Å². The van der Waals surface area contributed by atoms with Gasteiger partial charge in [0.1, 0.15) is 0 Å². The first-order valence-electron chi connectivity index (χ1n) is 7.20. The number of aliphatic hydroxyl groups is 1. The molecular weight excluding hydrogens is 280 g/mol. The highest BCUT2D eigenvalue weighted by Crippen LogP contribution is 2.22. The van der Waals surface area contributed by atoms with Gasteiger partial charge in [0, 0.05) is 25.0 Å². The van der Waals surface area contributed by atoms with Crippen LogP contribution in [0.15, 0.2) is 0 Å². The van der Waals surface area contributed by atoms with Crippen molar-refractivity contribution in [2.75, 3.05) is 18.1 Å². The van der Waals surface area contributed by atoms with E-state index >= 15 is 0 Å². The number of aliphatic hydroxyl groups excluding tert-OH is 1. The number of carbonyl (C=O) groups is 1. The molecule has 0 aliphatic rings. The molecule has 0 aliphatic carbocycles. The summed E-state index contributed by atoms with van der Waals surface area (Å²) in [4.78, 5) is 9.00. The molecule has 3 nitrogen and oxygen atoms in total. The number of rotatable bonds is 12. The van der Waals surface area contributed by atoms with Crippen LogP contribution in [0.4, 0.5) is 0 Å². The fourth-order valence-corrected chi connectivity index (χ4v) is 3.29. The zero-order valence-electron chi connectivity index (χ0n) is 12.4. The molecule has 0 aromatic heterocycles. The van der Waals surface area contributed by atoms with E-state index in [1.165, 1.54) is 56.5 Å². The van der Waals surface area contributed by atoms with E-state index in [0.29, 0.717) is 6.61 Å². The summed E-state index contributed by atoms with van der Waals surface area (Å²) in [6.45, 7) is 3.66. The van der Waals surface area contributed by atoms with Crippen LogP contribution in [0.5, 0.6) is 0 Å². The quantitative estimate of drug-likeness (QED) is 0.408. The van der Waals surface area contributed by atoms with Gasteiger partial charge in [0.05, 0.1) is 0 Å². The molecule has 0 amide bonds. The zero-order chi connectivity index (χ0) is 14.8. The molecule has 0 atom stereocenters. The predicted octanol–water partition coefficient (Wildman–Crippen LogP) is 4.59. The molecule has 0 unspecified atom stereocenters. The van der Waals surface area contributed by atoms with Crippen LogP contribution < -0.4 is 0 Å². The molecule has 0 saturated heterocycles. The van der Waals surface area contributed by atoms with Gasteiger partial charge in [-0.05, 0) is 12.8 Å². The van der Waals surface area contributed by atoms with Crippen molar-refractivity contribution >= 4 is 27.6 Å². The van der Waals surface area contributed by atoms with Crippen LogP contribution in [0.3, 0.4) is 0 Å². The van der Waals surface area contributed by atoms with Crippen molar-refractivity contribution in [2.24, 2.45) is 0 Å². The molecule has 0 aromatic rings. The molecule has 2 N–H and O–H groups in total. The molecule has 19 heavy (non-hydrogen) atoms. The van der Waals surface area contributed by atoms with Gasteiger partial charge >= 0.3 is 0 Å². The minimum absolute atomic E-state index is 0.367. The molecule has 0 spiro atoms. The van der Waals surface area contributed by atoms with Crippen molar-refractivity contribution in [1.82, 2.24) is 0 Å². The Morgan fingerprint density at radius 2 is 1.32 bits per heavy atom. The van der Waals surface area contributed by atoms with E-state index in [4.69, 9.17) is 15.0 Å². The fraction of sp³-hybridized carbons (Fsp3) is 0.929. The van der Waals surface area contributed by atoms with Gasteiger partial charge in [-0.15, -0.1) is 0 Å². The number of unbranched alkanes of at least 4 members (excludes halogenated alkanes) is 7. The maximum atomic E-state index is 9.00. The van der Waals surface area contributed by atoms with Gasteiger partial charge in [0.25, 0.3) is 5.97 Å². The highest BCUT2D eigenvalue weighted by Gasteiger charge is 1.92. The summed E-state index contributed by atoms with van der Waals surface area (Å²) < 4.78 is 0. The Bertz CT molecular complexity index is 162. The molecule has 0 rings (SSSR count). The third-order valence-corrected chi connectivity index (χ3v) is 4.90. The molecule has 0 bridgehead atoms. The van der Waals surface area contributed by atoms with Crippen molar-refractivity contribution in [1.29, 1.82) is 0 Å². The lowest BCUT2D eigenvalue weighted by Gasteiger charge is -2.01. The number of carboxylic acids is 1. The summed E-state index contributed by atoms with van der Waals surface area (Å²) in [5.74, 6) is 1.72. The van der Waals surface area contributed by atoms with Gasteiger partial charge in [-0.2, -0.15) is 0 Å². The van der Waals surface area contributed by atoms with Gasteiger partial charge in [-0.3, -0.25) is 4.79 Å². The van der Waals surface area contributed by atoms with Crippen LogP contribution in [-0.4, -0.2) is 34.3 Å². The first-order valence-corrected chi connectivity index (χ1v) is 9.68. The van der Waals surface area contributed by atoms with Crippen molar-refractivity contribution < 1.29 is 15.0 Å². The van der Waals surface area contributed by atoms with E-state index in [9.17, 15) is 0 Å². The first kappa shape index (κ1) is 21.4. The normalized spacial score (nSPS) is 9.84. The molecule has 0 aliphatic heterocycles. The van der Waals surface area contributed by atoms with Gasteiger partial charge in [0.15, 0.2) is 0 Å². The second-order valence-electron chi connectivity index (χ2n) is 4.30. The Morgan fingerprint density at radius 1 is 0.895 bits per heavy atom. The summed E-state index contributed by atoms with van der Waals surface area (Å²) in [5.41, 5.74) is 0. The summed E-state index contributed by atoms with van der Waals surface area (Å²) in [6.07, 6.45) is 10.4. The van der Waals surface area contributed by atoms with E-state index < -0.39 is 5.97 Å². The van der Waals surface area contributed by atoms with E-state index in [1.807, 2.05) is 21.6 Å². The monoisotopic (exact) mass is 310 g/mol. The number of hydrogen-bond acceptors (Lipinski definition) is 4. The predicted molar refractivity (Wildman–Crippen MR) is 87.9 cm³/mol. The maximum Gasteiger partial charge on any atom is 0.300 e. The van der Waals surface area contributed by atoms with E-state index in [-0.39, 0.29) is 0 Å². The van der Waals surface area contributed by atoms with Crippen LogP contribution in [0.2, 0.25) is 0 Å². The molecule has 0 heterocycles. The highest BCUT2D eigenvalue weighted by atomic mass is 33.1. The smallest absolute Gasteiger partial charge is 0.300 e. The zero-order valence-corrected chi connectivity index (χ0v) is 14.0. The third-order valence-electron chi connectivity index (χ3n) is 2.34. The standard InChI is InChI=1S/C12H26OS2.C2H4O2/c1-2-14-15-12-10-8-6-4-3-5-7-9-11-13;1-2(3)4/h13H,2-12H2,1H3;1H3,(H,3,4). The Kier molecular flexibility index (Phi) is 23.1. The van der Waals surface area contributed by atoms with Gasteiger partial charge in [-0.25, -0.2) is 0 Å². The molecule has 0 saturated carbocycles. The average Bonchev–Trinajstić information content (AvgIpc) is 2.35. The highest BCUT2D eigenvalue weighted by molar-refractivity contribution is 8.76. The number of hydrogen-bond donors (Lipinski definition) is 2. The number of aliphatic carboxylic acids is 1. The lowest BCUT2D eigenvalue weighted by Crippen LogP contribution is -1.84. The van der Waals surface area contributed by atoms with Gasteiger partial charge in [-0.1, -0.05) is 67.0 Å². The topological polar surface area (TPSA) is 57.5 Å². The van der Waals surface area contributed by atoms with Crippen molar-refractivity contribution in [3.8, 4) is 0 Å². The average molecular weight is 311 g/mol. The third kappa shape index (κ3) is 32.1. The van der Waals surface area contributed by atoms with E-state index in [1.54, 1.807) is 0 Å². The Hall–Kier alpha value is 0.130. The molecule has 116 valence electrons. The van der Waals surface area contributed by atoms with Crippen LogP contribution in [0.1, 0.15) is 65.2 Å². The molecular formula is C14H30O3S2. The Morgan fingerprint density at radius 3 is 1.74 bits per heavy atom. The molecule has 0 fully saturated rings. The Balaban J connectivity index is 0. The summed E-state index contributed by atoms with van der Waals surface area (Å²) in [6, 6.07) is 0. The van der Waals surface area contributed by atoms with Gasteiger partial charge < -0.3 is 10.2 Å². The van der Waals surface area contributed by atoms with Gasteiger partial charge in [0.2, 0.25) is 0 Å². The summed E-state index contributed by atoms with van der Waals surface area (Å²) in [5, 5.41) is 16.0. The SMILES string of the molecule is CC(=O)O.CCSSCCCCCCCCCCO. The van der Waals surface area contributed by atoms with Crippen molar-refractivity contribution in [2.45, 2.75) is 65.2 Å². The lowest BCUT2D eigenvalue weighted by molar-refractivity contribution is -0.134. The molecule has 5 heteroatoms. The molecule has 0 radical (unpaired) electrons.